The SMILES string of the molecule is CCCNc1cccc(C(=O)N(CCC)CC(F)(F)F)n1. The third-order valence-electron chi connectivity index (χ3n) is 2.68. The highest BCUT2D eigenvalue weighted by molar-refractivity contribution is 5.92. The highest BCUT2D eigenvalue weighted by atomic mass is 19.4. The van der Waals surface area contributed by atoms with Crippen LogP contribution in [-0.2, 0) is 0 Å². The van der Waals surface area contributed by atoms with Gasteiger partial charge in [-0.15, -0.1) is 0 Å². The van der Waals surface area contributed by atoms with E-state index in [9.17, 15) is 18.0 Å². The second-order valence-electron chi connectivity index (χ2n) is 4.68. The van der Waals surface area contributed by atoms with Gasteiger partial charge in [0, 0.05) is 13.1 Å². The van der Waals surface area contributed by atoms with E-state index in [1.807, 2.05) is 6.92 Å². The molecule has 1 aromatic rings. The molecule has 0 aliphatic heterocycles. The topological polar surface area (TPSA) is 45.2 Å². The van der Waals surface area contributed by atoms with Gasteiger partial charge < -0.3 is 10.2 Å². The van der Waals surface area contributed by atoms with Gasteiger partial charge >= 0.3 is 6.18 Å². The Kier molecular flexibility index (Phi) is 6.45. The van der Waals surface area contributed by atoms with Crippen LogP contribution in [0.5, 0.6) is 0 Å². The molecular formula is C14H20F3N3O. The maximum absolute atomic E-state index is 12.5. The summed E-state index contributed by atoms with van der Waals surface area (Å²) in [4.78, 5) is 17.0. The predicted molar refractivity (Wildman–Crippen MR) is 75.3 cm³/mol. The van der Waals surface area contributed by atoms with E-state index in [1.54, 1.807) is 19.1 Å². The Morgan fingerprint density at radius 1 is 1.29 bits per heavy atom. The van der Waals surface area contributed by atoms with Crippen LogP contribution in [-0.4, -0.2) is 41.6 Å². The molecule has 0 aliphatic carbocycles. The highest BCUT2D eigenvalue weighted by Gasteiger charge is 2.33. The number of hydrogen-bond donors (Lipinski definition) is 1. The maximum Gasteiger partial charge on any atom is 0.406 e. The van der Waals surface area contributed by atoms with Crippen LogP contribution in [0.4, 0.5) is 19.0 Å². The lowest BCUT2D eigenvalue weighted by Gasteiger charge is -2.23. The highest BCUT2D eigenvalue weighted by Crippen LogP contribution is 2.18. The van der Waals surface area contributed by atoms with Gasteiger partial charge in [-0.05, 0) is 25.0 Å². The minimum atomic E-state index is -4.41. The van der Waals surface area contributed by atoms with Crippen LogP contribution < -0.4 is 5.32 Å². The summed E-state index contributed by atoms with van der Waals surface area (Å²) in [6.45, 7) is 3.18. The average molecular weight is 303 g/mol. The number of pyridine rings is 1. The zero-order chi connectivity index (χ0) is 15.9. The summed E-state index contributed by atoms with van der Waals surface area (Å²) >= 11 is 0. The van der Waals surface area contributed by atoms with Crippen LogP contribution in [0.2, 0.25) is 0 Å². The molecule has 1 rings (SSSR count). The third kappa shape index (κ3) is 6.01. The Labute approximate surface area is 122 Å². The largest absolute Gasteiger partial charge is 0.406 e. The fraction of sp³-hybridized carbons (Fsp3) is 0.571. The first kappa shape index (κ1) is 17.3. The molecule has 4 nitrogen and oxygen atoms in total. The monoisotopic (exact) mass is 303 g/mol. The van der Waals surface area contributed by atoms with Crippen molar-refractivity contribution < 1.29 is 18.0 Å². The van der Waals surface area contributed by atoms with Crippen molar-refractivity contribution in [2.75, 3.05) is 25.0 Å². The molecule has 0 saturated heterocycles. The van der Waals surface area contributed by atoms with Gasteiger partial charge in [0.2, 0.25) is 0 Å². The summed E-state index contributed by atoms with van der Waals surface area (Å²) in [5.41, 5.74) is 0.0220. The minimum absolute atomic E-state index is 0.0220. The molecule has 0 aliphatic rings. The molecule has 0 bridgehead atoms. The molecule has 0 radical (unpaired) electrons. The van der Waals surface area contributed by atoms with Gasteiger partial charge in [0.1, 0.15) is 18.1 Å². The van der Waals surface area contributed by atoms with Crippen molar-refractivity contribution >= 4 is 11.7 Å². The average Bonchev–Trinajstić information content (AvgIpc) is 2.43. The smallest absolute Gasteiger partial charge is 0.370 e. The molecule has 0 spiro atoms. The zero-order valence-corrected chi connectivity index (χ0v) is 12.2. The van der Waals surface area contributed by atoms with Gasteiger partial charge in [0.15, 0.2) is 0 Å². The first-order valence-corrected chi connectivity index (χ1v) is 6.94. The van der Waals surface area contributed by atoms with Crippen LogP contribution in [0, 0.1) is 0 Å². The Morgan fingerprint density at radius 3 is 2.57 bits per heavy atom. The van der Waals surface area contributed by atoms with Gasteiger partial charge in [-0.2, -0.15) is 13.2 Å². The molecular weight excluding hydrogens is 283 g/mol. The van der Waals surface area contributed by atoms with Crippen LogP contribution in [0.3, 0.4) is 0 Å². The first-order valence-electron chi connectivity index (χ1n) is 6.94. The number of anilines is 1. The molecule has 1 amide bonds. The molecule has 1 N–H and O–H groups in total. The van der Waals surface area contributed by atoms with Crippen LogP contribution >= 0.6 is 0 Å². The Balaban J connectivity index is 2.87. The summed E-state index contributed by atoms with van der Waals surface area (Å²) in [6, 6.07) is 4.72. The maximum atomic E-state index is 12.5. The molecule has 0 saturated carbocycles. The summed E-state index contributed by atoms with van der Waals surface area (Å²) in [5, 5.41) is 3.00. The first-order chi connectivity index (χ1) is 9.87. The number of nitrogens with zero attached hydrogens (tertiary/aromatic N) is 2. The number of carbonyl (C=O) groups is 1. The zero-order valence-electron chi connectivity index (χ0n) is 12.2. The Morgan fingerprint density at radius 2 is 2.00 bits per heavy atom. The van der Waals surface area contributed by atoms with Crippen LogP contribution in [0.15, 0.2) is 18.2 Å². The number of alkyl halides is 3. The number of halogens is 3. The number of carbonyl (C=O) groups excluding carboxylic acids is 1. The predicted octanol–water partition coefficient (Wildman–Crippen LogP) is 3.32. The molecule has 0 fully saturated rings. The summed E-state index contributed by atoms with van der Waals surface area (Å²) in [6.07, 6.45) is -3.08. The lowest BCUT2D eigenvalue weighted by Crippen LogP contribution is -2.39. The van der Waals surface area contributed by atoms with Crippen molar-refractivity contribution in [1.29, 1.82) is 0 Å². The van der Waals surface area contributed by atoms with Crippen molar-refractivity contribution in [1.82, 2.24) is 9.88 Å². The van der Waals surface area contributed by atoms with Gasteiger partial charge in [-0.1, -0.05) is 19.9 Å². The van der Waals surface area contributed by atoms with E-state index in [-0.39, 0.29) is 12.2 Å². The second-order valence-corrected chi connectivity index (χ2v) is 4.68. The molecule has 21 heavy (non-hydrogen) atoms. The standard InChI is InChI=1S/C14H20F3N3O/c1-3-8-18-12-7-5-6-11(19-12)13(21)20(9-4-2)10-14(15,16)17/h5-7H,3-4,8-10H2,1-2H3,(H,18,19). The lowest BCUT2D eigenvalue weighted by molar-refractivity contribution is -0.140. The van der Waals surface area contributed by atoms with E-state index in [0.29, 0.717) is 18.8 Å². The molecule has 118 valence electrons. The molecule has 0 unspecified atom stereocenters. The van der Waals surface area contributed by atoms with Crippen molar-refractivity contribution in [2.45, 2.75) is 32.9 Å². The van der Waals surface area contributed by atoms with E-state index in [0.717, 1.165) is 11.3 Å². The van der Waals surface area contributed by atoms with Gasteiger partial charge in [0.25, 0.3) is 5.91 Å². The van der Waals surface area contributed by atoms with E-state index >= 15 is 0 Å². The molecule has 7 heteroatoms. The second kappa shape index (κ2) is 7.85. The van der Waals surface area contributed by atoms with E-state index in [2.05, 4.69) is 10.3 Å². The van der Waals surface area contributed by atoms with Crippen molar-refractivity contribution in [3.8, 4) is 0 Å². The van der Waals surface area contributed by atoms with Gasteiger partial charge in [0.05, 0.1) is 0 Å². The minimum Gasteiger partial charge on any atom is -0.370 e. The number of nitrogens with one attached hydrogen (secondary N) is 1. The normalized spacial score (nSPS) is 11.3. The Hall–Kier alpha value is -1.79. The van der Waals surface area contributed by atoms with Crippen LogP contribution in [0.1, 0.15) is 37.2 Å². The quantitative estimate of drug-likeness (QED) is 0.840. The lowest BCUT2D eigenvalue weighted by atomic mass is 10.3. The van der Waals surface area contributed by atoms with Gasteiger partial charge in [-0.25, -0.2) is 4.98 Å². The number of rotatable bonds is 7. The number of aromatic nitrogens is 1. The fourth-order valence-electron chi connectivity index (χ4n) is 1.81. The van der Waals surface area contributed by atoms with E-state index in [1.165, 1.54) is 6.07 Å². The van der Waals surface area contributed by atoms with Crippen molar-refractivity contribution in [2.24, 2.45) is 0 Å². The van der Waals surface area contributed by atoms with Crippen molar-refractivity contribution in [3.63, 3.8) is 0 Å². The van der Waals surface area contributed by atoms with E-state index in [4.69, 9.17) is 0 Å². The fourth-order valence-corrected chi connectivity index (χ4v) is 1.81. The molecule has 1 heterocycles. The van der Waals surface area contributed by atoms with Crippen LogP contribution in [0.25, 0.3) is 0 Å². The molecule has 0 aromatic carbocycles. The molecule has 0 atom stereocenters. The Bertz CT molecular complexity index is 463. The van der Waals surface area contributed by atoms with Gasteiger partial charge in [-0.3, -0.25) is 4.79 Å². The summed E-state index contributed by atoms with van der Waals surface area (Å²) in [7, 11) is 0. The van der Waals surface area contributed by atoms with Crippen molar-refractivity contribution in [3.05, 3.63) is 23.9 Å². The van der Waals surface area contributed by atoms with E-state index < -0.39 is 18.6 Å². The summed E-state index contributed by atoms with van der Waals surface area (Å²) < 4.78 is 37.6. The molecule has 1 aromatic heterocycles. The summed E-state index contributed by atoms with van der Waals surface area (Å²) in [5.74, 6) is -0.208. The number of hydrogen-bond acceptors (Lipinski definition) is 3. The number of amides is 1. The third-order valence-corrected chi connectivity index (χ3v) is 2.68.